The molecule has 1 unspecified atom stereocenters. The third-order valence-electron chi connectivity index (χ3n) is 3.24. The van der Waals surface area contributed by atoms with Gasteiger partial charge in [-0.3, -0.25) is 4.90 Å². The predicted octanol–water partition coefficient (Wildman–Crippen LogP) is 0.786. The third-order valence-corrected chi connectivity index (χ3v) is 3.24. The third kappa shape index (κ3) is 2.94. The number of nitrogens with one attached hydrogen (secondary N) is 1. The molecular weight excluding hydrogens is 174 g/mol. The molecule has 0 aromatic rings. The van der Waals surface area contributed by atoms with Crippen molar-refractivity contribution in [2.24, 2.45) is 0 Å². The van der Waals surface area contributed by atoms with Crippen LogP contribution >= 0.6 is 0 Å². The first-order valence-electron chi connectivity index (χ1n) is 6.08. The van der Waals surface area contributed by atoms with Gasteiger partial charge in [0.1, 0.15) is 0 Å². The van der Waals surface area contributed by atoms with E-state index in [-0.39, 0.29) is 0 Å². The van der Waals surface area contributed by atoms with Crippen LogP contribution in [0.4, 0.5) is 0 Å². The van der Waals surface area contributed by atoms with E-state index in [1.807, 2.05) is 0 Å². The van der Waals surface area contributed by atoms with Gasteiger partial charge in [0.2, 0.25) is 0 Å². The molecular formula is C11H22N3. The van der Waals surface area contributed by atoms with Crippen molar-refractivity contribution in [3.8, 4) is 0 Å². The summed E-state index contributed by atoms with van der Waals surface area (Å²) in [4.78, 5) is 2.57. The SMILES string of the molecule is C1CCCN(C2CNCCC[N]2)CC1. The van der Waals surface area contributed by atoms with Gasteiger partial charge in [0.25, 0.3) is 0 Å². The lowest BCUT2D eigenvalue weighted by molar-refractivity contribution is 0.172. The molecule has 81 valence electrons. The number of hydrogen-bond acceptors (Lipinski definition) is 2. The molecule has 14 heavy (non-hydrogen) atoms. The molecule has 2 aliphatic rings. The molecule has 0 saturated carbocycles. The quantitative estimate of drug-likeness (QED) is 0.672. The highest BCUT2D eigenvalue weighted by atomic mass is 15.3. The topological polar surface area (TPSA) is 29.4 Å². The fraction of sp³-hybridized carbons (Fsp3) is 1.00. The summed E-state index contributed by atoms with van der Waals surface area (Å²) in [6, 6.07) is 0. The Hall–Kier alpha value is -0.120. The fourth-order valence-electron chi connectivity index (χ4n) is 2.38. The summed E-state index contributed by atoms with van der Waals surface area (Å²) in [7, 11) is 0. The summed E-state index contributed by atoms with van der Waals surface area (Å²) in [6.45, 7) is 5.79. The highest BCUT2D eigenvalue weighted by Gasteiger charge is 2.20. The molecule has 1 N–H and O–H groups in total. The lowest BCUT2D eigenvalue weighted by atomic mass is 10.2. The van der Waals surface area contributed by atoms with Crippen LogP contribution in [0.1, 0.15) is 32.1 Å². The zero-order chi connectivity index (χ0) is 9.64. The highest BCUT2D eigenvalue weighted by Crippen LogP contribution is 2.12. The van der Waals surface area contributed by atoms with Crippen LogP contribution in [0, 0.1) is 0 Å². The van der Waals surface area contributed by atoms with E-state index in [0.717, 1.165) is 19.6 Å². The summed E-state index contributed by atoms with van der Waals surface area (Å²) >= 11 is 0. The van der Waals surface area contributed by atoms with Crippen molar-refractivity contribution >= 4 is 0 Å². The minimum Gasteiger partial charge on any atom is -0.314 e. The average Bonchev–Trinajstić information content (AvgIpc) is 2.62. The second-order valence-corrected chi connectivity index (χ2v) is 4.39. The van der Waals surface area contributed by atoms with Crippen LogP contribution in [0.3, 0.4) is 0 Å². The molecule has 2 rings (SSSR count). The smallest absolute Gasteiger partial charge is 0.0887 e. The average molecular weight is 196 g/mol. The lowest BCUT2D eigenvalue weighted by Crippen LogP contribution is -2.47. The van der Waals surface area contributed by atoms with Crippen LogP contribution in [-0.2, 0) is 0 Å². The number of nitrogens with zero attached hydrogens (tertiary/aromatic N) is 2. The number of hydrogen-bond donors (Lipinski definition) is 1. The minimum absolute atomic E-state index is 0.468. The van der Waals surface area contributed by atoms with E-state index in [1.165, 1.54) is 45.2 Å². The Labute approximate surface area is 87.2 Å². The van der Waals surface area contributed by atoms with Gasteiger partial charge in [-0.25, -0.2) is 5.32 Å². The van der Waals surface area contributed by atoms with E-state index in [0.29, 0.717) is 6.17 Å². The van der Waals surface area contributed by atoms with Crippen LogP contribution in [-0.4, -0.2) is 43.8 Å². The molecule has 0 aromatic carbocycles. The van der Waals surface area contributed by atoms with Crippen molar-refractivity contribution < 1.29 is 0 Å². The van der Waals surface area contributed by atoms with Crippen molar-refractivity contribution in [2.75, 3.05) is 32.7 Å². The molecule has 3 heteroatoms. The van der Waals surface area contributed by atoms with E-state index in [9.17, 15) is 0 Å². The molecule has 0 amide bonds. The Morgan fingerprint density at radius 1 is 1.00 bits per heavy atom. The van der Waals surface area contributed by atoms with Crippen molar-refractivity contribution in [2.45, 2.75) is 38.3 Å². The van der Waals surface area contributed by atoms with E-state index in [2.05, 4.69) is 10.2 Å². The first-order valence-corrected chi connectivity index (χ1v) is 6.08. The normalized spacial score (nSPS) is 32.1. The van der Waals surface area contributed by atoms with Gasteiger partial charge in [-0.05, 0) is 38.9 Å². The molecule has 1 radical (unpaired) electrons. The van der Waals surface area contributed by atoms with Crippen LogP contribution in [0.2, 0.25) is 0 Å². The van der Waals surface area contributed by atoms with E-state index >= 15 is 0 Å². The van der Waals surface area contributed by atoms with Crippen molar-refractivity contribution in [3.63, 3.8) is 0 Å². The van der Waals surface area contributed by atoms with Gasteiger partial charge in [0.05, 0.1) is 6.17 Å². The highest BCUT2D eigenvalue weighted by molar-refractivity contribution is 4.76. The Balaban J connectivity index is 1.83. The standard InChI is InChI=1S/C11H22N3/c1-2-4-9-14(8-3-1)11-10-12-6-5-7-13-11/h11-12H,1-10H2. The first kappa shape index (κ1) is 10.4. The van der Waals surface area contributed by atoms with Crippen molar-refractivity contribution in [3.05, 3.63) is 0 Å². The van der Waals surface area contributed by atoms with Crippen LogP contribution in [0.15, 0.2) is 0 Å². The van der Waals surface area contributed by atoms with E-state index < -0.39 is 0 Å². The molecule has 0 aliphatic carbocycles. The molecule has 2 aliphatic heterocycles. The van der Waals surface area contributed by atoms with Gasteiger partial charge >= 0.3 is 0 Å². The Morgan fingerprint density at radius 2 is 1.79 bits per heavy atom. The Bertz CT molecular complexity index is 127. The number of rotatable bonds is 1. The summed E-state index contributed by atoms with van der Waals surface area (Å²) in [6.07, 6.45) is 7.24. The number of likely N-dealkylation sites (tertiary alicyclic amines) is 1. The van der Waals surface area contributed by atoms with Crippen molar-refractivity contribution in [1.29, 1.82) is 0 Å². The first-order chi connectivity index (χ1) is 6.97. The second kappa shape index (κ2) is 5.69. The largest absolute Gasteiger partial charge is 0.314 e. The Kier molecular flexibility index (Phi) is 4.22. The van der Waals surface area contributed by atoms with Gasteiger partial charge < -0.3 is 5.32 Å². The van der Waals surface area contributed by atoms with Gasteiger partial charge in [-0.1, -0.05) is 12.8 Å². The van der Waals surface area contributed by atoms with E-state index in [4.69, 9.17) is 5.32 Å². The fourth-order valence-corrected chi connectivity index (χ4v) is 2.38. The lowest BCUT2D eigenvalue weighted by Gasteiger charge is -2.28. The monoisotopic (exact) mass is 196 g/mol. The molecule has 1 atom stereocenters. The molecule has 0 aromatic heterocycles. The maximum atomic E-state index is 4.75. The van der Waals surface area contributed by atoms with Gasteiger partial charge in [-0.15, -0.1) is 0 Å². The summed E-state index contributed by atoms with van der Waals surface area (Å²) < 4.78 is 0. The molecule has 2 fully saturated rings. The maximum absolute atomic E-state index is 4.75. The molecule has 0 bridgehead atoms. The summed E-state index contributed by atoms with van der Waals surface area (Å²) in [5.74, 6) is 0. The van der Waals surface area contributed by atoms with E-state index in [1.54, 1.807) is 0 Å². The summed E-state index contributed by atoms with van der Waals surface area (Å²) in [5.41, 5.74) is 0. The van der Waals surface area contributed by atoms with Crippen LogP contribution in [0.5, 0.6) is 0 Å². The molecule has 3 nitrogen and oxygen atoms in total. The predicted molar refractivity (Wildman–Crippen MR) is 58.3 cm³/mol. The molecule has 2 heterocycles. The van der Waals surface area contributed by atoms with Crippen LogP contribution in [0.25, 0.3) is 0 Å². The minimum atomic E-state index is 0.468. The summed E-state index contributed by atoms with van der Waals surface area (Å²) in [5, 5.41) is 8.23. The molecule has 2 saturated heterocycles. The molecule has 0 spiro atoms. The van der Waals surface area contributed by atoms with Crippen molar-refractivity contribution in [1.82, 2.24) is 15.5 Å². The Morgan fingerprint density at radius 3 is 2.57 bits per heavy atom. The van der Waals surface area contributed by atoms with Crippen LogP contribution < -0.4 is 10.6 Å². The zero-order valence-electron chi connectivity index (χ0n) is 9.04. The van der Waals surface area contributed by atoms with Gasteiger partial charge in [0.15, 0.2) is 0 Å². The van der Waals surface area contributed by atoms with Gasteiger partial charge in [0, 0.05) is 13.1 Å². The van der Waals surface area contributed by atoms with Gasteiger partial charge in [-0.2, -0.15) is 0 Å². The zero-order valence-corrected chi connectivity index (χ0v) is 9.04. The maximum Gasteiger partial charge on any atom is 0.0887 e. The second-order valence-electron chi connectivity index (χ2n) is 4.39.